The van der Waals surface area contributed by atoms with Gasteiger partial charge >= 0.3 is 12.2 Å². The number of carbonyl (C=O) groups excluding carboxylic acids is 2. The van der Waals surface area contributed by atoms with Gasteiger partial charge in [0.1, 0.15) is 5.38 Å². The molecule has 1 rings (SSSR count). The molecule has 0 radical (unpaired) electrons. The number of hydrogen-bond donors (Lipinski definition) is 2. The number of anilines is 1. The SMILES string of the molecule is CC(Cl)C(=O)NC(=O)Nc1cc(Cl)cc(C(F)(F)F)c1. The second-order valence-corrected chi connectivity index (χ2v) is 4.88. The fourth-order valence-electron chi connectivity index (χ4n) is 1.20. The molecule has 1 unspecified atom stereocenters. The third-order valence-corrected chi connectivity index (χ3v) is 2.50. The van der Waals surface area contributed by atoms with Crippen molar-refractivity contribution in [3.63, 3.8) is 0 Å². The number of benzene rings is 1. The summed E-state index contributed by atoms with van der Waals surface area (Å²) < 4.78 is 37.6. The molecule has 3 amide bonds. The fraction of sp³-hybridized carbons (Fsp3) is 0.273. The minimum atomic E-state index is -4.60. The maximum atomic E-state index is 12.5. The molecule has 0 aliphatic rings. The second-order valence-electron chi connectivity index (χ2n) is 3.79. The number of halogens is 5. The average Bonchev–Trinajstić information content (AvgIpc) is 2.26. The molecule has 0 heterocycles. The Bertz CT molecular complexity index is 533. The Hall–Kier alpha value is -1.47. The van der Waals surface area contributed by atoms with Crippen LogP contribution >= 0.6 is 23.2 Å². The third kappa shape index (κ3) is 4.90. The molecule has 4 nitrogen and oxygen atoms in total. The van der Waals surface area contributed by atoms with Gasteiger partial charge < -0.3 is 5.32 Å². The first-order valence-corrected chi connectivity index (χ1v) is 6.04. The molecule has 20 heavy (non-hydrogen) atoms. The lowest BCUT2D eigenvalue weighted by molar-refractivity contribution is -0.137. The van der Waals surface area contributed by atoms with E-state index in [0.717, 1.165) is 12.1 Å². The van der Waals surface area contributed by atoms with Crippen LogP contribution < -0.4 is 10.6 Å². The van der Waals surface area contributed by atoms with Crippen molar-refractivity contribution >= 4 is 40.8 Å². The summed E-state index contributed by atoms with van der Waals surface area (Å²) in [6.45, 7) is 1.34. The van der Waals surface area contributed by atoms with Crippen molar-refractivity contribution < 1.29 is 22.8 Å². The second kappa shape index (κ2) is 6.32. The van der Waals surface area contributed by atoms with Gasteiger partial charge in [0, 0.05) is 10.7 Å². The molecule has 2 N–H and O–H groups in total. The average molecular weight is 329 g/mol. The van der Waals surface area contributed by atoms with E-state index in [4.69, 9.17) is 23.2 Å². The highest BCUT2D eigenvalue weighted by Crippen LogP contribution is 2.33. The molecule has 0 aliphatic heterocycles. The minimum absolute atomic E-state index is 0.197. The predicted molar refractivity (Wildman–Crippen MR) is 68.9 cm³/mol. The van der Waals surface area contributed by atoms with E-state index in [1.807, 2.05) is 5.32 Å². The Morgan fingerprint density at radius 3 is 2.35 bits per heavy atom. The van der Waals surface area contributed by atoms with Crippen LogP contribution in [0.1, 0.15) is 12.5 Å². The zero-order valence-electron chi connectivity index (χ0n) is 10.0. The maximum Gasteiger partial charge on any atom is 0.416 e. The topological polar surface area (TPSA) is 58.2 Å². The van der Waals surface area contributed by atoms with Crippen LogP contribution in [0, 0.1) is 0 Å². The van der Waals surface area contributed by atoms with Gasteiger partial charge in [-0.3, -0.25) is 10.1 Å². The number of urea groups is 1. The molecule has 0 spiro atoms. The van der Waals surface area contributed by atoms with Crippen LogP contribution in [0.15, 0.2) is 18.2 Å². The highest BCUT2D eigenvalue weighted by molar-refractivity contribution is 6.32. The largest absolute Gasteiger partial charge is 0.416 e. The molecule has 110 valence electrons. The van der Waals surface area contributed by atoms with E-state index >= 15 is 0 Å². The van der Waals surface area contributed by atoms with Crippen molar-refractivity contribution in [1.29, 1.82) is 0 Å². The molecule has 0 aromatic heterocycles. The molecular weight excluding hydrogens is 320 g/mol. The van der Waals surface area contributed by atoms with E-state index in [1.54, 1.807) is 0 Å². The fourth-order valence-corrected chi connectivity index (χ4v) is 1.49. The molecule has 0 aliphatic carbocycles. The van der Waals surface area contributed by atoms with Crippen LogP contribution in [0.2, 0.25) is 5.02 Å². The first-order valence-electron chi connectivity index (χ1n) is 5.23. The van der Waals surface area contributed by atoms with Crippen LogP contribution in [0.3, 0.4) is 0 Å². The highest BCUT2D eigenvalue weighted by atomic mass is 35.5. The summed E-state index contributed by atoms with van der Waals surface area (Å²) in [6.07, 6.45) is -4.60. The maximum absolute atomic E-state index is 12.5. The van der Waals surface area contributed by atoms with Gasteiger partial charge in [-0.1, -0.05) is 11.6 Å². The Labute approximate surface area is 122 Å². The lowest BCUT2D eigenvalue weighted by Crippen LogP contribution is -2.38. The van der Waals surface area contributed by atoms with E-state index in [9.17, 15) is 22.8 Å². The molecule has 0 bridgehead atoms. The molecule has 0 saturated carbocycles. The quantitative estimate of drug-likeness (QED) is 0.814. The van der Waals surface area contributed by atoms with Crippen molar-refractivity contribution in [3.05, 3.63) is 28.8 Å². The summed E-state index contributed by atoms with van der Waals surface area (Å²) in [7, 11) is 0. The Kier molecular flexibility index (Phi) is 5.24. The molecule has 0 saturated heterocycles. The van der Waals surface area contributed by atoms with Gasteiger partial charge in [-0.15, -0.1) is 11.6 Å². The standard InChI is InChI=1S/C11H9Cl2F3N2O2/c1-5(12)9(19)18-10(20)17-8-3-6(11(14,15)16)2-7(13)4-8/h2-5H,1H3,(H2,17,18,19,20). The van der Waals surface area contributed by atoms with Gasteiger partial charge in [0.05, 0.1) is 5.56 Å². The van der Waals surface area contributed by atoms with Crippen LogP contribution in [0.4, 0.5) is 23.7 Å². The Morgan fingerprint density at radius 2 is 1.85 bits per heavy atom. The summed E-state index contributed by atoms with van der Waals surface area (Å²) in [5, 5.41) is 2.77. The molecule has 1 aromatic carbocycles. The lowest BCUT2D eigenvalue weighted by atomic mass is 10.2. The van der Waals surface area contributed by atoms with E-state index in [-0.39, 0.29) is 10.7 Å². The first kappa shape index (κ1) is 16.6. The Morgan fingerprint density at radius 1 is 1.25 bits per heavy atom. The van der Waals surface area contributed by atoms with Gasteiger partial charge in [-0.05, 0) is 25.1 Å². The number of carbonyl (C=O) groups is 2. The van der Waals surface area contributed by atoms with Crippen molar-refractivity contribution in [1.82, 2.24) is 5.32 Å². The van der Waals surface area contributed by atoms with Gasteiger partial charge in [-0.25, -0.2) is 4.79 Å². The monoisotopic (exact) mass is 328 g/mol. The van der Waals surface area contributed by atoms with E-state index in [2.05, 4.69) is 5.32 Å². The van der Waals surface area contributed by atoms with Crippen LogP contribution in [0.5, 0.6) is 0 Å². The number of imide groups is 1. The molecule has 1 aromatic rings. The van der Waals surface area contributed by atoms with Crippen LogP contribution in [0.25, 0.3) is 0 Å². The van der Waals surface area contributed by atoms with Crippen LogP contribution in [-0.2, 0) is 11.0 Å². The molecule has 9 heteroatoms. The third-order valence-electron chi connectivity index (χ3n) is 2.08. The number of nitrogens with one attached hydrogen (secondary N) is 2. The summed E-state index contributed by atoms with van der Waals surface area (Å²) in [4.78, 5) is 22.5. The van der Waals surface area contributed by atoms with Gasteiger partial charge in [0.25, 0.3) is 0 Å². The first-order chi connectivity index (χ1) is 9.09. The zero-order chi connectivity index (χ0) is 15.5. The Balaban J connectivity index is 2.85. The normalized spacial score (nSPS) is 12.7. The summed E-state index contributed by atoms with van der Waals surface area (Å²) in [5.74, 6) is -0.776. The number of hydrogen-bond acceptors (Lipinski definition) is 2. The zero-order valence-corrected chi connectivity index (χ0v) is 11.5. The predicted octanol–water partition coefficient (Wildman–Crippen LogP) is 3.63. The number of amides is 3. The highest BCUT2D eigenvalue weighted by Gasteiger charge is 2.31. The number of alkyl halides is 4. The smallest absolute Gasteiger partial charge is 0.308 e. The van der Waals surface area contributed by atoms with Crippen molar-refractivity contribution in [2.45, 2.75) is 18.5 Å². The van der Waals surface area contributed by atoms with Gasteiger partial charge in [-0.2, -0.15) is 13.2 Å². The van der Waals surface area contributed by atoms with Crippen molar-refractivity contribution in [2.24, 2.45) is 0 Å². The van der Waals surface area contributed by atoms with Crippen LogP contribution in [-0.4, -0.2) is 17.3 Å². The summed E-state index contributed by atoms with van der Waals surface area (Å²) in [6, 6.07) is 1.53. The van der Waals surface area contributed by atoms with E-state index in [1.165, 1.54) is 6.92 Å². The lowest BCUT2D eigenvalue weighted by Gasteiger charge is -2.11. The summed E-state index contributed by atoms with van der Waals surface area (Å²) in [5.41, 5.74) is -1.21. The van der Waals surface area contributed by atoms with E-state index in [0.29, 0.717) is 6.07 Å². The number of rotatable bonds is 2. The van der Waals surface area contributed by atoms with Gasteiger partial charge in [0.2, 0.25) is 5.91 Å². The van der Waals surface area contributed by atoms with E-state index < -0.39 is 29.1 Å². The minimum Gasteiger partial charge on any atom is -0.308 e. The van der Waals surface area contributed by atoms with Crippen molar-refractivity contribution in [3.8, 4) is 0 Å². The molecule has 0 fully saturated rings. The van der Waals surface area contributed by atoms with Crippen molar-refractivity contribution in [2.75, 3.05) is 5.32 Å². The summed E-state index contributed by atoms with van der Waals surface area (Å²) >= 11 is 11.0. The van der Waals surface area contributed by atoms with Gasteiger partial charge in [0.15, 0.2) is 0 Å². The molecular formula is C11H9Cl2F3N2O2. The molecule has 1 atom stereocenters.